The summed E-state index contributed by atoms with van der Waals surface area (Å²) in [6, 6.07) is 32.3. The average Bonchev–Trinajstić information content (AvgIpc) is 2.70. The minimum atomic E-state index is -0.446. The summed E-state index contributed by atoms with van der Waals surface area (Å²) in [6.07, 6.45) is 0. The maximum absolute atomic E-state index is 4.76. The molecule has 3 heteroatoms. The zero-order valence-electron chi connectivity index (χ0n) is 14.8. The fourth-order valence-corrected chi connectivity index (χ4v) is 4.65. The second kappa shape index (κ2) is 11.5. The van der Waals surface area contributed by atoms with Gasteiger partial charge in [0.25, 0.3) is 0 Å². The number of benzene rings is 3. The molecular formula is C22H25O2P. The molecule has 0 unspecified atom stereocenters. The summed E-state index contributed by atoms with van der Waals surface area (Å²) in [4.78, 5) is 0. The molecule has 0 aliphatic heterocycles. The van der Waals surface area contributed by atoms with Gasteiger partial charge in [-0.2, -0.15) is 0 Å². The van der Waals surface area contributed by atoms with E-state index in [1.165, 1.54) is 15.9 Å². The molecule has 0 saturated heterocycles. The van der Waals surface area contributed by atoms with E-state index >= 15 is 0 Å². The fraction of sp³-hybridized carbons (Fsp3) is 0.182. The molecule has 0 heterocycles. The van der Waals surface area contributed by atoms with E-state index < -0.39 is 7.92 Å². The topological polar surface area (TPSA) is 18.5 Å². The number of hydrogen-bond acceptors (Lipinski definition) is 2. The van der Waals surface area contributed by atoms with Gasteiger partial charge in [0, 0.05) is 13.7 Å². The van der Waals surface area contributed by atoms with Gasteiger partial charge in [-0.05, 0) is 30.8 Å². The average molecular weight is 352 g/mol. The quantitative estimate of drug-likeness (QED) is 0.378. The lowest BCUT2D eigenvalue weighted by molar-refractivity contribution is -0.0250. The van der Waals surface area contributed by atoms with Crippen LogP contribution in [0.3, 0.4) is 0 Å². The van der Waals surface area contributed by atoms with Crippen LogP contribution in [0.4, 0.5) is 0 Å². The Hall–Kier alpha value is -1.99. The van der Waals surface area contributed by atoms with E-state index in [1.807, 2.05) is 6.92 Å². The molecule has 0 saturated carbocycles. The van der Waals surface area contributed by atoms with Crippen molar-refractivity contribution in [2.75, 3.05) is 20.5 Å². The summed E-state index contributed by atoms with van der Waals surface area (Å²) < 4.78 is 9.32. The summed E-state index contributed by atoms with van der Waals surface area (Å²) >= 11 is 0. The maximum Gasteiger partial charge on any atom is 0.146 e. The first-order valence-electron chi connectivity index (χ1n) is 8.38. The molecule has 0 bridgehead atoms. The van der Waals surface area contributed by atoms with Crippen molar-refractivity contribution in [1.82, 2.24) is 0 Å². The van der Waals surface area contributed by atoms with Crippen molar-refractivity contribution < 1.29 is 9.47 Å². The number of hydrogen-bond donors (Lipinski definition) is 0. The van der Waals surface area contributed by atoms with Gasteiger partial charge >= 0.3 is 0 Å². The largest absolute Gasteiger partial charge is 0.359 e. The number of rotatable bonds is 6. The van der Waals surface area contributed by atoms with Gasteiger partial charge < -0.3 is 9.47 Å². The van der Waals surface area contributed by atoms with Crippen molar-refractivity contribution in [3.63, 3.8) is 0 Å². The monoisotopic (exact) mass is 352 g/mol. The Kier molecular flexibility index (Phi) is 8.93. The normalized spacial score (nSPS) is 10.2. The highest BCUT2D eigenvalue weighted by Gasteiger charge is 2.14. The lowest BCUT2D eigenvalue weighted by Gasteiger charge is -2.18. The molecule has 130 valence electrons. The van der Waals surface area contributed by atoms with E-state index in [1.54, 1.807) is 7.11 Å². The zero-order valence-corrected chi connectivity index (χ0v) is 15.7. The smallest absolute Gasteiger partial charge is 0.146 e. The van der Waals surface area contributed by atoms with E-state index in [0.717, 1.165) is 6.61 Å². The highest BCUT2D eigenvalue weighted by Crippen LogP contribution is 2.32. The minimum Gasteiger partial charge on any atom is -0.359 e. The van der Waals surface area contributed by atoms with Crippen LogP contribution in [-0.4, -0.2) is 20.5 Å². The van der Waals surface area contributed by atoms with Crippen molar-refractivity contribution in [1.29, 1.82) is 0 Å². The third-order valence-corrected chi connectivity index (χ3v) is 5.89. The van der Waals surface area contributed by atoms with Crippen molar-refractivity contribution in [2.24, 2.45) is 0 Å². The van der Waals surface area contributed by atoms with Gasteiger partial charge in [0.15, 0.2) is 0 Å². The van der Waals surface area contributed by atoms with E-state index in [0.29, 0.717) is 6.79 Å². The van der Waals surface area contributed by atoms with Crippen LogP contribution in [0.2, 0.25) is 0 Å². The highest BCUT2D eigenvalue weighted by atomic mass is 31.1. The van der Waals surface area contributed by atoms with Crippen LogP contribution in [0, 0.1) is 0 Å². The molecule has 0 radical (unpaired) electrons. The molecule has 0 fully saturated rings. The molecule has 3 rings (SSSR count). The molecule has 0 aliphatic rings. The lowest BCUT2D eigenvalue weighted by Crippen LogP contribution is -2.20. The Morgan fingerprint density at radius 3 is 1.24 bits per heavy atom. The van der Waals surface area contributed by atoms with Crippen LogP contribution in [0.25, 0.3) is 0 Å². The Morgan fingerprint density at radius 2 is 1.00 bits per heavy atom. The third-order valence-electron chi connectivity index (χ3n) is 3.45. The first-order valence-corrected chi connectivity index (χ1v) is 9.73. The van der Waals surface area contributed by atoms with Crippen LogP contribution in [0.1, 0.15) is 6.92 Å². The van der Waals surface area contributed by atoms with Gasteiger partial charge in [0.1, 0.15) is 6.79 Å². The van der Waals surface area contributed by atoms with Crippen molar-refractivity contribution >= 4 is 23.8 Å². The van der Waals surface area contributed by atoms with Crippen molar-refractivity contribution in [3.8, 4) is 0 Å². The Bertz CT molecular complexity index is 589. The fourth-order valence-electron chi connectivity index (χ4n) is 2.35. The molecule has 0 atom stereocenters. The van der Waals surface area contributed by atoms with E-state index in [9.17, 15) is 0 Å². The second-order valence-electron chi connectivity index (χ2n) is 5.24. The Labute approximate surface area is 152 Å². The Balaban J connectivity index is 0.000000326. The van der Waals surface area contributed by atoms with Crippen LogP contribution in [0.5, 0.6) is 0 Å². The molecule has 0 aromatic heterocycles. The van der Waals surface area contributed by atoms with E-state index in [2.05, 4.69) is 95.7 Å². The first-order chi connectivity index (χ1) is 12.4. The standard InChI is InChI=1S/C18H15P.C4H10O2/c1-4-10-16(11-5-1)19(17-12-6-2-7-13-17)18-14-8-3-9-15-18;1-3-6-4-5-2/h1-15H;3-4H2,1-2H3. The number of methoxy groups -OCH3 is 1. The molecule has 0 N–H and O–H groups in total. The molecule has 0 spiro atoms. The highest BCUT2D eigenvalue weighted by molar-refractivity contribution is 7.79. The summed E-state index contributed by atoms with van der Waals surface area (Å²) in [5, 5.41) is 4.19. The van der Waals surface area contributed by atoms with Crippen molar-refractivity contribution in [3.05, 3.63) is 91.0 Å². The molecule has 0 aliphatic carbocycles. The van der Waals surface area contributed by atoms with Crippen LogP contribution >= 0.6 is 7.92 Å². The van der Waals surface area contributed by atoms with E-state index in [-0.39, 0.29) is 0 Å². The second-order valence-corrected chi connectivity index (χ2v) is 7.46. The molecule has 3 aromatic carbocycles. The van der Waals surface area contributed by atoms with Gasteiger partial charge in [-0.15, -0.1) is 0 Å². The number of ether oxygens (including phenoxy) is 2. The molecule has 25 heavy (non-hydrogen) atoms. The summed E-state index contributed by atoms with van der Waals surface area (Å²) in [6.45, 7) is 3.07. The van der Waals surface area contributed by atoms with Gasteiger partial charge in [-0.25, -0.2) is 0 Å². The first kappa shape index (κ1) is 19.3. The predicted molar refractivity (Wildman–Crippen MR) is 109 cm³/mol. The van der Waals surface area contributed by atoms with Gasteiger partial charge in [0.2, 0.25) is 0 Å². The lowest BCUT2D eigenvalue weighted by atomic mass is 10.4. The van der Waals surface area contributed by atoms with Crippen molar-refractivity contribution in [2.45, 2.75) is 6.92 Å². The maximum atomic E-state index is 4.76. The summed E-state index contributed by atoms with van der Waals surface area (Å²) in [5.74, 6) is 0. The predicted octanol–water partition coefficient (Wildman–Crippen LogP) is 4.07. The van der Waals surface area contributed by atoms with Crippen LogP contribution in [-0.2, 0) is 9.47 Å². The molecule has 0 amide bonds. The molecule has 2 nitrogen and oxygen atoms in total. The Morgan fingerprint density at radius 1 is 0.640 bits per heavy atom. The van der Waals surface area contributed by atoms with Crippen LogP contribution < -0.4 is 15.9 Å². The third kappa shape index (κ3) is 6.43. The van der Waals surface area contributed by atoms with E-state index in [4.69, 9.17) is 4.74 Å². The van der Waals surface area contributed by atoms with Crippen LogP contribution in [0.15, 0.2) is 91.0 Å². The van der Waals surface area contributed by atoms with Gasteiger partial charge in [-0.3, -0.25) is 0 Å². The summed E-state index contributed by atoms with van der Waals surface area (Å²) in [7, 11) is 1.16. The SMILES string of the molecule is CCOCOC.c1ccc(P(c2ccccc2)c2ccccc2)cc1. The zero-order chi connectivity index (χ0) is 17.7. The summed E-state index contributed by atoms with van der Waals surface area (Å²) in [5.41, 5.74) is 0. The molecule has 3 aromatic rings. The molecular weight excluding hydrogens is 327 g/mol. The van der Waals surface area contributed by atoms with Gasteiger partial charge in [-0.1, -0.05) is 91.0 Å². The minimum absolute atomic E-state index is 0.413. The van der Waals surface area contributed by atoms with Gasteiger partial charge in [0.05, 0.1) is 0 Å².